The summed E-state index contributed by atoms with van der Waals surface area (Å²) in [6, 6.07) is 19.7. The van der Waals surface area contributed by atoms with Gasteiger partial charge in [0.25, 0.3) is 0 Å². The highest BCUT2D eigenvalue weighted by Crippen LogP contribution is 2.10. The van der Waals surface area contributed by atoms with E-state index in [9.17, 15) is 4.39 Å². The molecule has 3 rings (SSSR count). The molecule has 0 spiro atoms. The van der Waals surface area contributed by atoms with Gasteiger partial charge in [0, 0.05) is 31.8 Å². The van der Waals surface area contributed by atoms with Crippen molar-refractivity contribution in [2.75, 3.05) is 20.3 Å². The van der Waals surface area contributed by atoms with Gasteiger partial charge in [-0.15, -0.1) is 0 Å². The maximum absolute atomic E-state index is 13.5. The molecule has 0 amide bonds. The van der Waals surface area contributed by atoms with Gasteiger partial charge in [-0.1, -0.05) is 36.4 Å². The fourth-order valence-electron chi connectivity index (χ4n) is 3.64. The van der Waals surface area contributed by atoms with Crippen molar-refractivity contribution in [3.8, 4) is 0 Å². The van der Waals surface area contributed by atoms with E-state index in [0.717, 1.165) is 38.2 Å². The molecule has 0 saturated heterocycles. The monoisotopic (exact) mass is 381 g/mol. The van der Waals surface area contributed by atoms with Crippen LogP contribution in [0.4, 0.5) is 4.39 Å². The fraction of sp³-hybridized carbons (Fsp3) is 0.333. The molecule has 0 fully saturated rings. The van der Waals surface area contributed by atoms with Gasteiger partial charge in [0.05, 0.1) is 18.8 Å². The van der Waals surface area contributed by atoms with Crippen molar-refractivity contribution < 1.29 is 14.0 Å². The SMILES string of the molecule is COCCC[NH+](Cc1ccccc1C)Cc1cccn1Cc1cccc(F)c1. The normalized spacial score (nSPS) is 12.2. The van der Waals surface area contributed by atoms with Crippen LogP contribution >= 0.6 is 0 Å². The Morgan fingerprint density at radius 3 is 2.64 bits per heavy atom. The van der Waals surface area contributed by atoms with Crippen LogP contribution < -0.4 is 4.90 Å². The lowest BCUT2D eigenvalue weighted by atomic mass is 10.1. The summed E-state index contributed by atoms with van der Waals surface area (Å²) in [6.45, 7) is 6.61. The first-order chi connectivity index (χ1) is 13.7. The predicted octanol–water partition coefficient (Wildman–Crippen LogP) is 3.61. The number of quaternary nitrogens is 1. The summed E-state index contributed by atoms with van der Waals surface area (Å²) in [7, 11) is 1.76. The van der Waals surface area contributed by atoms with Crippen molar-refractivity contribution in [2.45, 2.75) is 33.0 Å². The zero-order chi connectivity index (χ0) is 19.8. The highest BCUT2D eigenvalue weighted by molar-refractivity contribution is 5.24. The van der Waals surface area contributed by atoms with E-state index >= 15 is 0 Å². The van der Waals surface area contributed by atoms with Crippen LogP contribution in [0.3, 0.4) is 0 Å². The molecule has 28 heavy (non-hydrogen) atoms. The number of aromatic nitrogens is 1. The maximum atomic E-state index is 13.5. The van der Waals surface area contributed by atoms with E-state index in [0.29, 0.717) is 6.54 Å². The third-order valence-corrected chi connectivity index (χ3v) is 5.18. The number of halogens is 1. The molecule has 3 aromatic rings. The second-order valence-electron chi connectivity index (χ2n) is 7.38. The zero-order valence-electron chi connectivity index (χ0n) is 16.8. The first kappa shape index (κ1) is 20.3. The van der Waals surface area contributed by atoms with Gasteiger partial charge < -0.3 is 14.2 Å². The van der Waals surface area contributed by atoms with Crippen molar-refractivity contribution in [3.05, 3.63) is 95.1 Å². The van der Waals surface area contributed by atoms with Gasteiger partial charge in [-0.25, -0.2) is 4.39 Å². The average molecular weight is 382 g/mol. The van der Waals surface area contributed by atoms with Crippen LogP contribution in [0.25, 0.3) is 0 Å². The summed E-state index contributed by atoms with van der Waals surface area (Å²) in [4.78, 5) is 1.51. The van der Waals surface area contributed by atoms with Gasteiger partial charge in [-0.2, -0.15) is 0 Å². The molecule has 4 heteroatoms. The van der Waals surface area contributed by atoms with Gasteiger partial charge in [0.15, 0.2) is 0 Å². The Labute approximate surface area is 167 Å². The Balaban J connectivity index is 1.73. The quantitative estimate of drug-likeness (QED) is 0.532. The summed E-state index contributed by atoms with van der Waals surface area (Å²) in [5, 5.41) is 0. The summed E-state index contributed by atoms with van der Waals surface area (Å²) in [5.41, 5.74) is 4.97. The number of aryl methyl sites for hydroxylation is 1. The predicted molar refractivity (Wildman–Crippen MR) is 111 cm³/mol. The molecular formula is C24H30FN2O+. The minimum atomic E-state index is -0.183. The second kappa shape index (κ2) is 10.2. The molecule has 0 bridgehead atoms. The maximum Gasteiger partial charge on any atom is 0.123 e. The number of nitrogens with one attached hydrogen (secondary N) is 1. The van der Waals surface area contributed by atoms with Gasteiger partial charge in [-0.05, 0) is 42.3 Å². The molecule has 1 unspecified atom stereocenters. The summed E-state index contributed by atoms with van der Waals surface area (Å²) < 4.78 is 21.0. The molecule has 3 nitrogen and oxygen atoms in total. The van der Waals surface area contributed by atoms with Gasteiger partial charge in [0.1, 0.15) is 18.9 Å². The highest BCUT2D eigenvalue weighted by Gasteiger charge is 2.14. The molecule has 0 aliphatic heterocycles. The lowest BCUT2D eigenvalue weighted by Gasteiger charge is -2.21. The Morgan fingerprint density at radius 2 is 1.86 bits per heavy atom. The number of rotatable bonds is 10. The third-order valence-electron chi connectivity index (χ3n) is 5.18. The van der Waals surface area contributed by atoms with Gasteiger partial charge in [-0.3, -0.25) is 0 Å². The minimum absolute atomic E-state index is 0.183. The zero-order valence-corrected chi connectivity index (χ0v) is 16.8. The molecule has 0 aliphatic rings. The van der Waals surface area contributed by atoms with Crippen molar-refractivity contribution in [1.29, 1.82) is 0 Å². The lowest BCUT2D eigenvalue weighted by molar-refractivity contribution is -0.928. The molecule has 1 N–H and O–H groups in total. The molecule has 1 heterocycles. The van der Waals surface area contributed by atoms with Gasteiger partial charge >= 0.3 is 0 Å². The number of hydrogen-bond donors (Lipinski definition) is 1. The number of nitrogens with zero attached hydrogens (tertiary/aromatic N) is 1. The van der Waals surface area contributed by atoms with E-state index in [1.807, 2.05) is 6.07 Å². The Morgan fingerprint density at radius 1 is 1.00 bits per heavy atom. The van der Waals surface area contributed by atoms with E-state index < -0.39 is 0 Å². The van der Waals surface area contributed by atoms with E-state index in [4.69, 9.17) is 4.74 Å². The number of ether oxygens (including phenoxy) is 1. The van der Waals surface area contributed by atoms with Crippen molar-refractivity contribution in [3.63, 3.8) is 0 Å². The van der Waals surface area contributed by atoms with Crippen LogP contribution in [0, 0.1) is 12.7 Å². The Bertz CT molecular complexity index is 874. The van der Waals surface area contributed by atoms with Crippen molar-refractivity contribution >= 4 is 0 Å². The number of methoxy groups -OCH3 is 1. The van der Waals surface area contributed by atoms with Crippen LogP contribution in [0.5, 0.6) is 0 Å². The molecular weight excluding hydrogens is 351 g/mol. The Hall–Kier alpha value is -2.43. The van der Waals surface area contributed by atoms with Crippen LogP contribution in [-0.2, 0) is 24.4 Å². The second-order valence-corrected chi connectivity index (χ2v) is 7.38. The smallest absolute Gasteiger partial charge is 0.123 e. The lowest BCUT2D eigenvalue weighted by Crippen LogP contribution is -3.09. The largest absolute Gasteiger partial charge is 0.384 e. The van der Waals surface area contributed by atoms with Gasteiger partial charge in [0.2, 0.25) is 0 Å². The average Bonchev–Trinajstić information content (AvgIpc) is 3.10. The summed E-state index contributed by atoms with van der Waals surface area (Å²) in [6.07, 6.45) is 3.11. The van der Waals surface area contributed by atoms with E-state index in [1.165, 1.54) is 27.8 Å². The topological polar surface area (TPSA) is 18.6 Å². The molecule has 0 aliphatic carbocycles. The van der Waals surface area contributed by atoms with Crippen LogP contribution in [0.1, 0.15) is 28.8 Å². The van der Waals surface area contributed by atoms with E-state index in [1.54, 1.807) is 19.2 Å². The molecule has 0 saturated carbocycles. The van der Waals surface area contributed by atoms with E-state index in [2.05, 4.69) is 54.1 Å². The van der Waals surface area contributed by atoms with E-state index in [-0.39, 0.29) is 5.82 Å². The number of hydrogen-bond acceptors (Lipinski definition) is 1. The molecule has 1 aromatic heterocycles. The minimum Gasteiger partial charge on any atom is -0.384 e. The molecule has 2 aromatic carbocycles. The van der Waals surface area contributed by atoms with Crippen molar-refractivity contribution in [1.82, 2.24) is 4.57 Å². The Kier molecular flexibility index (Phi) is 7.40. The highest BCUT2D eigenvalue weighted by atomic mass is 19.1. The van der Waals surface area contributed by atoms with Crippen molar-refractivity contribution in [2.24, 2.45) is 0 Å². The molecule has 0 radical (unpaired) electrons. The van der Waals surface area contributed by atoms with Crippen LogP contribution in [0.15, 0.2) is 66.9 Å². The van der Waals surface area contributed by atoms with Crippen LogP contribution in [-0.4, -0.2) is 24.8 Å². The standard InChI is InChI=1S/C24H29FN2O/c1-20-8-3-4-10-22(20)18-26(13-7-15-28-2)19-24-12-6-14-27(24)17-21-9-5-11-23(25)16-21/h3-6,8-12,14,16H,7,13,15,17-19H2,1-2H3/p+1. The number of benzene rings is 2. The first-order valence-electron chi connectivity index (χ1n) is 9.91. The van der Waals surface area contributed by atoms with Crippen LogP contribution in [0.2, 0.25) is 0 Å². The fourth-order valence-corrected chi connectivity index (χ4v) is 3.64. The first-order valence-corrected chi connectivity index (χ1v) is 9.91. The summed E-state index contributed by atoms with van der Waals surface area (Å²) in [5.74, 6) is -0.183. The molecule has 1 atom stereocenters. The molecule has 148 valence electrons. The third kappa shape index (κ3) is 5.78. The summed E-state index contributed by atoms with van der Waals surface area (Å²) >= 11 is 0.